The first-order valence-electron chi connectivity index (χ1n) is 6.80. The molecule has 0 aromatic carbocycles. The molecule has 98 valence electrons. The summed E-state index contributed by atoms with van der Waals surface area (Å²) in [4.78, 5) is 14.7. The van der Waals surface area contributed by atoms with Crippen molar-refractivity contribution in [3.8, 4) is 0 Å². The largest absolute Gasteiger partial charge is 0.322 e. The lowest BCUT2D eigenvalue weighted by Gasteiger charge is -2.29. The second-order valence-corrected chi connectivity index (χ2v) is 6.51. The van der Waals surface area contributed by atoms with E-state index < -0.39 is 0 Å². The molecule has 2 saturated heterocycles. The van der Waals surface area contributed by atoms with Crippen LogP contribution in [0.3, 0.4) is 0 Å². The number of hydrogen-bond donors (Lipinski definition) is 1. The minimum atomic E-state index is -0.326. The maximum Gasteiger partial charge on any atom is 0.244 e. The van der Waals surface area contributed by atoms with Crippen molar-refractivity contribution in [1.82, 2.24) is 10.2 Å². The molecule has 0 aromatic rings. The second kappa shape index (κ2) is 5.19. The van der Waals surface area contributed by atoms with Gasteiger partial charge in [-0.3, -0.25) is 10.1 Å². The fourth-order valence-electron chi connectivity index (χ4n) is 2.83. The lowest BCUT2D eigenvalue weighted by atomic mass is 9.99. The van der Waals surface area contributed by atoms with Gasteiger partial charge in [0.25, 0.3) is 0 Å². The minimum Gasteiger partial charge on any atom is -0.322 e. The molecule has 2 fully saturated rings. The normalized spacial score (nSPS) is 38.1. The highest BCUT2D eigenvalue weighted by Crippen LogP contribution is 2.32. The van der Waals surface area contributed by atoms with E-state index in [1.807, 2.05) is 11.8 Å². The van der Waals surface area contributed by atoms with E-state index in [2.05, 4.69) is 31.0 Å². The Morgan fingerprint density at radius 1 is 1.53 bits per heavy atom. The van der Waals surface area contributed by atoms with Gasteiger partial charge in [-0.1, -0.05) is 20.3 Å². The molecule has 17 heavy (non-hydrogen) atoms. The van der Waals surface area contributed by atoms with Crippen molar-refractivity contribution in [2.75, 3.05) is 11.5 Å². The molecular formula is C13H24N2OS. The van der Waals surface area contributed by atoms with Crippen molar-refractivity contribution in [3.63, 3.8) is 0 Å². The Morgan fingerprint density at radius 3 is 2.82 bits per heavy atom. The lowest BCUT2D eigenvalue weighted by Crippen LogP contribution is -2.45. The van der Waals surface area contributed by atoms with E-state index in [-0.39, 0.29) is 11.7 Å². The predicted octanol–water partition coefficient (Wildman–Crippen LogP) is 2.22. The molecule has 0 aliphatic carbocycles. The van der Waals surface area contributed by atoms with Crippen LogP contribution in [-0.2, 0) is 4.79 Å². The van der Waals surface area contributed by atoms with Gasteiger partial charge < -0.3 is 4.90 Å². The van der Waals surface area contributed by atoms with Crippen LogP contribution < -0.4 is 5.32 Å². The first-order chi connectivity index (χ1) is 8.12. The van der Waals surface area contributed by atoms with Gasteiger partial charge >= 0.3 is 0 Å². The first-order valence-corrected chi connectivity index (χ1v) is 7.96. The summed E-state index contributed by atoms with van der Waals surface area (Å²) < 4.78 is 0. The molecule has 3 atom stereocenters. The molecule has 0 bridgehead atoms. The van der Waals surface area contributed by atoms with Crippen LogP contribution in [0.4, 0.5) is 0 Å². The van der Waals surface area contributed by atoms with E-state index in [4.69, 9.17) is 0 Å². The maximum atomic E-state index is 12.6. The van der Waals surface area contributed by atoms with Gasteiger partial charge in [0.15, 0.2) is 0 Å². The Hall–Kier alpha value is -0.220. The van der Waals surface area contributed by atoms with Gasteiger partial charge in [-0.2, -0.15) is 11.8 Å². The molecule has 0 spiro atoms. The zero-order valence-corrected chi connectivity index (χ0v) is 12.0. The summed E-state index contributed by atoms with van der Waals surface area (Å²) in [7, 11) is 0. The first kappa shape index (κ1) is 13.2. The molecular weight excluding hydrogens is 232 g/mol. The van der Waals surface area contributed by atoms with Crippen LogP contribution in [0.5, 0.6) is 0 Å². The van der Waals surface area contributed by atoms with Crippen molar-refractivity contribution < 1.29 is 4.79 Å². The van der Waals surface area contributed by atoms with Crippen molar-refractivity contribution in [1.29, 1.82) is 0 Å². The van der Waals surface area contributed by atoms with Gasteiger partial charge in [0, 0.05) is 11.8 Å². The third-order valence-electron chi connectivity index (χ3n) is 4.10. The van der Waals surface area contributed by atoms with Gasteiger partial charge in [0.1, 0.15) is 0 Å². The number of nitrogens with zero attached hydrogens (tertiary/aromatic N) is 1. The van der Waals surface area contributed by atoms with Gasteiger partial charge in [0.2, 0.25) is 5.91 Å². The highest BCUT2D eigenvalue weighted by Gasteiger charge is 2.48. The third-order valence-corrected chi connectivity index (χ3v) is 5.24. The highest BCUT2D eigenvalue weighted by atomic mass is 32.2. The molecule has 2 heterocycles. The van der Waals surface area contributed by atoms with Crippen LogP contribution in [0.1, 0.15) is 46.5 Å². The molecule has 2 aliphatic rings. The fraction of sp³-hybridized carbons (Fsp3) is 0.923. The number of amides is 1. The third kappa shape index (κ3) is 2.34. The summed E-state index contributed by atoms with van der Waals surface area (Å²) in [6.45, 7) is 6.34. The van der Waals surface area contributed by atoms with Crippen LogP contribution in [0.15, 0.2) is 0 Å². The van der Waals surface area contributed by atoms with Crippen molar-refractivity contribution in [3.05, 3.63) is 0 Å². The molecule has 1 N–H and O–H groups in total. The van der Waals surface area contributed by atoms with Crippen LogP contribution in [-0.4, -0.2) is 40.1 Å². The van der Waals surface area contributed by atoms with Gasteiger partial charge in [-0.25, -0.2) is 0 Å². The summed E-state index contributed by atoms with van der Waals surface area (Å²) >= 11 is 1.98. The zero-order chi connectivity index (χ0) is 12.5. The smallest absolute Gasteiger partial charge is 0.244 e. The molecule has 4 heteroatoms. The van der Waals surface area contributed by atoms with E-state index in [0.717, 1.165) is 31.4 Å². The quantitative estimate of drug-likeness (QED) is 0.837. The van der Waals surface area contributed by atoms with Crippen LogP contribution in [0.25, 0.3) is 0 Å². The SMILES string of the molecule is CCCC1NC(C)(CC)C(=O)N1C1CCSC1. The molecule has 2 aliphatic heterocycles. The molecule has 3 unspecified atom stereocenters. The number of hydrogen-bond acceptors (Lipinski definition) is 3. The Morgan fingerprint density at radius 2 is 2.29 bits per heavy atom. The lowest BCUT2D eigenvalue weighted by molar-refractivity contribution is -0.134. The Kier molecular flexibility index (Phi) is 4.03. The fourth-order valence-corrected chi connectivity index (χ4v) is 4.03. The maximum absolute atomic E-state index is 12.6. The average Bonchev–Trinajstić information content (AvgIpc) is 2.89. The van der Waals surface area contributed by atoms with Crippen molar-refractivity contribution in [2.45, 2.75) is 64.2 Å². The van der Waals surface area contributed by atoms with E-state index in [9.17, 15) is 4.79 Å². The van der Waals surface area contributed by atoms with Gasteiger partial charge in [-0.15, -0.1) is 0 Å². The minimum absolute atomic E-state index is 0.265. The highest BCUT2D eigenvalue weighted by molar-refractivity contribution is 7.99. The molecule has 1 amide bonds. The topological polar surface area (TPSA) is 32.3 Å². The van der Waals surface area contributed by atoms with E-state index >= 15 is 0 Å². The molecule has 0 saturated carbocycles. The molecule has 3 nitrogen and oxygen atoms in total. The van der Waals surface area contributed by atoms with Crippen LogP contribution >= 0.6 is 11.8 Å². The van der Waals surface area contributed by atoms with Gasteiger partial charge in [-0.05, 0) is 31.9 Å². The summed E-state index contributed by atoms with van der Waals surface area (Å²) in [5.41, 5.74) is -0.326. The molecule has 2 rings (SSSR count). The van der Waals surface area contributed by atoms with E-state index in [1.165, 1.54) is 5.75 Å². The standard InChI is InChI=1S/C13H24N2OS/c1-4-6-11-14-13(3,5-2)12(16)15(11)10-7-8-17-9-10/h10-11,14H,4-9H2,1-3H3. The van der Waals surface area contributed by atoms with E-state index in [1.54, 1.807) is 0 Å². The molecule has 0 aromatic heterocycles. The van der Waals surface area contributed by atoms with Crippen LogP contribution in [0.2, 0.25) is 0 Å². The average molecular weight is 256 g/mol. The van der Waals surface area contributed by atoms with Crippen molar-refractivity contribution >= 4 is 17.7 Å². The Labute approximate surface area is 109 Å². The number of rotatable bonds is 4. The summed E-state index contributed by atoms with van der Waals surface area (Å²) in [5.74, 6) is 2.65. The number of nitrogens with one attached hydrogen (secondary N) is 1. The number of carbonyl (C=O) groups is 1. The predicted molar refractivity (Wildman–Crippen MR) is 73.1 cm³/mol. The Bertz CT molecular complexity index is 291. The summed E-state index contributed by atoms with van der Waals surface area (Å²) in [6.07, 6.45) is 4.51. The monoisotopic (exact) mass is 256 g/mol. The summed E-state index contributed by atoms with van der Waals surface area (Å²) in [5, 5.41) is 3.56. The van der Waals surface area contributed by atoms with Crippen LogP contribution in [0, 0.1) is 0 Å². The second-order valence-electron chi connectivity index (χ2n) is 5.36. The van der Waals surface area contributed by atoms with Gasteiger partial charge in [0.05, 0.1) is 11.7 Å². The van der Waals surface area contributed by atoms with Crippen molar-refractivity contribution in [2.24, 2.45) is 0 Å². The summed E-state index contributed by atoms with van der Waals surface area (Å²) in [6, 6.07) is 0.463. The number of thioether (sulfide) groups is 1. The van der Waals surface area contributed by atoms with E-state index in [0.29, 0.717) is 11.9 Å². The number of carbonyl (C=O) groups excluding carboxylic acids is 1. The molecule has 0 radical (unpaired) electrons. The zero-order valence-electron chi connectivity index (χ0n) is 11.2. The Balaban J connectivity index is 2.17.